The number of benzene rings is 2. The number of nitrogens with zero attached hydrogens (tertiary/aromatic N) is 2. The molecule has 1 amide bonds. The third-order valence-electron chi connectivity index (χ3n) is 3.50. The summed E-state index contributed by atoms with van der Waals surface area (Å²) in [5, 5.41) is 0.550. The van der Waals surface area contributed by atoms with Crippen LogP contribution in [0.5, 0.6) is 0 Å². The van der Waals surface area contributed by atoms with Gasteiger partial charge in [0.05, 0.1) is 10.9 Å². The van der Waals surface area contributed by atoms with Gasteiger partial charge >= 0.3 is 0 Å². The monoisotopic (exact) mass is 308 g/mol. The molecule has 6 heteroatoms. The zero-order valence-corrected chi connectivity index (χ0v) is 12.6. The van der Waals surface area contributed by atoms with E-state index in [1.165, 1.54) is 4.57 Å². The van der Waals surface area contributed by atoms with Crippen LogP contribution in [-0.2, 0) is 6.54 Å². The van der Waals surface area contributed by atoms with E-state index in [4.69, 9.17) is 0 Å². The molecule has 23 heavy (non-hydrogen) atoms. The zero-order chi connectivity index (χ0) is 16.2. The number of hydrogen-bond donors (Lipinski definition) is 2. The minimum Gasteiger partial charge on any atom is -0.277 e. The first-order chi connectivity index (χ1) is 11.2. The van der Waals surface area contributed by atoms with Crippen molar-refractivity contribution >= 4 is 22.8 Å². The molecule has 1 aromatic heterocycles. The van der Waals surface area contributed by atoms with Gasteiger partial charge in [0.1, 0.15) is 0 Å². The lowest BCUT2D eigenvalue weighted by Crippen LogP contribution is -2.34. The molecule has 0 saturated heterocycles. The van der Waals surface area contributed by atoms with Gasteiger partial charge in [0.15, 0.2) is 0 Å². The second-order valence-corrected chi connectivity index (χ2v) is 4.95. The Morgan fingerprint density at radius 2 is 1.78 bits per heavy atom. The third kappa shape index (κ3) is 2.91. The molecule has 0 bridgehead atoms. The van der Waals surface area contributed by atoms with Crippen LogP contribution in [0.1, 0.15) is 17.3 Å². The Balaban J connectivity index is 1.91. The molecule has 2 aromatic carbocycles. The summed E-state index contributed by atoms with van der Waals surface area (Å²) in [6.45, 7) is 2.29. The van der Waals surface area contributed by atoms with E-state index in [1.807, 2.05) is 19.1 Å². The maximum atomic E-state index is 12.5. The van der Waals surface area contributed by atoms with Crippen LogP contribution in [0.25, 0.3) is 10.9 Å². The molecule has 116 valence electrons. The number of fused-ring (bicyclic) bond motifs is 1. The van der Waals surface area contributed by atoms with Crippen LogP contribution < -0.4 is 16.4 Å². The van der Waals surface area contributed by atoms with Crippen molar-refractivity contribution in [1.82, 2.24) is 15.0 Å². The lowest BCUT2D eigenvalue weighted by atomic mass is 10.2. The molecule has 3 rings (SSSR count). The highest BCUT2D eigenvalue weighted by Crippen LogP contribution is 2.10. The number of carbonyl (C=O) groups is 1. The number of hydrogen-bond acceptors (Lipinski definition) is 4. The Bertz CT molecular complexity index is 903. The van der Waals surface area contributed by atoms with E-state index in [1.54, 1.807) is 42.5 Å². The lowest BCUT2D eigenvalue weighted by Gasteiger charge is -2.14. The molecule has 2 N–H and O–H groups in total. The Morgan fingerprint density at radius 3 is 2.52 bits per heavy atom. The molecule has 0 spiro atoms. The van der Waals surface area contributed by atoms with E-state index >= 15 is 0 Å². The highest BCUT2D eigenvalue weighted by molar-refractivity contribution is 5.94. The summed E-state index contributed by atoms with van der Waals surface area (Å²) in [6.07, 6.45) is 0. The molecule has 1 heterocycles. The van der Waals surface area contributed by atoms with Gasteiger partial charge in [0.2, 0.25) is 5.95 Å². The quantitative estimate of drug-likeness (QED) is 0.724. The first kappa shape index (κ1) is 14.8. The number of para-hydroxylation sites is 1. The standard InChI is InChI=1S/C17H16N4O2/c1-2-21-16(23)13-10-6-7-11-14(13)18-17(21)20-19-15(22)12-8-4-3-5-9-12/h3-11H,2H2,1H3,(H,18,20)(H,19,22). The summed E-state index contributed by atoms with van der Waals surface area (Å²) in [7, 11) is 0. The van der Waals surface area contributed by atoms with Gasteiger partial charge in [-0.1, -0.05) is 30.3 Å². The molecule has 3 aromatic rings. The first-order valence-electron chi connectivity index (χ1n) is 7.31. The van der Waals surface area contributed by atoms with E-state index in [0.717, 1.165) is 0 Å². The minimum atomic E-state index is -0.296. The van der Waals surface area contributed by atoms with E-state index in [2.05, 4.69) is 15.8 Å². The van der Waals surface area contributed by atoms with Crippen LogP contribution in [0.2, 0.25) is 0 Å². The normalized spacial score (nSPS) is 10.5. The zero-order valence-electron chi connectivity index (χ0n) is 12.6. The number of nitrogens with one attached hydrogen (secondary N) is 2. The van der Waals surface area contributed by atoms with Crippen molar-refractivity contribution < 1.29 is 4.79 Å². The van der Waals surface area contributed by atoms with E-state index in [0.29, 0.717) is 29.0 Å². The molecule has 0 aliphatic carbocycles. The second kappa shape index (κ2) is 6.31. The molecule has 6 nitrogen and oxygen atoms in total. The molecule has 0 aliphatic heterocycles. The summed E-state index contributed by atoms with van der Waals surface area (Å²) >= 11 is 0. The average molecular weight is 308 g/mol. The van der Waals surface area contributed by atoms with Crippen molar-refractivity contribution in [3.05, 3.63) is 70.5 Å². The van der Waals surface area contributed by atoms with Crippen LogP contribution in [0.15, 0.2) is 59.4 Å². The number of anilines is 1. The van der Waals surface area contributed by atoms with Gasteiger partial charge in [-0.15, -0.1) is 0 Å². The molecule has 0 saturated carbocycles. The molecular formula is C17H16N4O2. The number of hydrazine groups is 1. The van der Waals surface area contributed by atoms with E-state index in [-0.39, 0.29) is 11.5 Å². The SMILES string of the molecule is CCn1c(NNC(=O)c2ccccc2)nc2ccccc2c1=O. The number of amides is 1. The van der Waals surface area contributed by atoms with Crippen LogP contribution in [0, 0.1) is 0 Å². The molecule has 0 unspecified atom stereocenters. The van der Waals surface area contributed by atoms with Crippen molar-refractivity contribution in [1.29, 1.82) is 0 Å². The second-order valence-electron chi connectivity index (χ2n) is 4.95. The average Bonchev–Trinajstić information content (AvgIpc) is 2.60. The minimum absolute atomic E-state index is 0.144. The van der Waals surface area contributed by atoms with Gasteiger partial charge in [0.25, 0.3) is 11.5 Å². The topological polar surface area (TPSA) is 76.0 Å². The maximum absolute atomic E-state index is 12.5. The van der Waals surface area contributed by atoms with E-state index in [9.17, 15) is 9.59 Å². The fourth-order valence-electron chi connectivity index (χ4n) is 2.33. The number of rotatable bonds is 4. The highest BCUT2D eigenvalue weighted by atomic mass is 16.2. The molecule has 0 radical (unpaired) electrons. The Kier molecular flexibility index (Phi) is 4.05. The summed E-state index contributed by atoms with van der Waals surface area (Å²) in [6, 6.07) is 15.9. The lowest BCUT2D eigenvalue weighted by molar-refractivity contribution is 0.0962. The third-order valence-corrected chi connectivity index (χ3v) is 3.50. The molecular weight excluding hydrogens is 292 g/mol. The van der Waals surface area contributed by atoms with Gasteiger partial charge in [-0.05, 0) is 31.2 Å². The van der Waals surface area contributed by atoms with Gasteiger partial charge < -0.3 is 0 Å². The summed E-state index contributed by atoms with van der Waals surface area (Å²) in [5.74, 6) is 0.0103. The van der Waals surface area contributed by atoms with Gasteiger partial charge in [-0.2, -0.15) is 0 Å². The maximum Gasteiger partial charge on any atom is 0.269 e. The van der Waals surface area contributed by atoms with Gasteiger partial charge in [-0.3, -0.25) is 25.0 Å². The number of aromatic nitrogens is 2. The van der Waals surface area contributed by atoms with Gasteiger partial charge in [0, 0.05) is 12.1 Å². The van der Waals surface area contributed by atoms with Crippen LogP contribution in [0.4, 0.5) is 5.95 Å². The van der Waals surface area contributed by atoms with Gasteiger partial charge in [-0.25, -0.2) is 4.98 Å². The Morgan fingerprint density at radius 1 is 1.09 bits per heavy atom. The fourth-order valence-corrected chi connectivity index (χ4v) is 2.33. The fraction of sp³-hybridized carbons (Fsp3) is 0.118. The first-order valence-corrected chi connectivity index (χ1v) is 7.31. The summed E-state index contributed by atoms with van der Waals surface area (Å²) < 4.78 is 1.48. The predicted molar refractivity (Wildman–Crippen MR) is 89.2 cm³/mol. The van der Waals surface area contributed by atoms with Crippen LogP contribution in [0.3, 0.4) is 0 Å². The Hall–Kier alpha value is -3.15. The van der Waals surface area contributed by atoms with Crippen LogP contribution in [-0.4, -0.2) is 15.5 Å². The molecule has 0 aliphatic rings. The van der Waals surface area contributed by atoms with E-state index < -0.39 is 0 Å². The smallest absolute Gasteiger partial charge is 0.269 e. The largest absolute Gasteiger partial charge is 0.277 e. The molecule has 0 fully saturated rings. The Labute approximate surface area is 132 Å². The highest BCUT2D eigenvalue weighted by Gasteiger charge is 2.10. The summed E-state index contributed by atoms with van der Waals surface area (Å²) in [4.78, 5) is 29.0. The van der Waals surface area contributed by atoms with Crippen molar-refractivity contribution in [3.63, 3.8) is 0 Å². The summed E-state index contributed by atoms with van der Waals surface area (Å²) in [5.41, 5.74) is 6.28. The van der Waals surface area contributed by atoms with Crippen molar-refractivity contribution in [2.45, 2.75) is 13.5 Å². The van der Waals surface area contributed by atoms with Crippen molar-refractivity contribution in [2.75, 3.05) is 5.43 Å². The number of carbonyl (C=O) groups excluding carboxylic acids is 1. The molecule has 0 atom stereocenters. The predicted octanol–water partition coefficient (Wildman–Crippen LogP) is 2.17. The van der Waals surface area contributed by atoms with Crippen molar-refractivity contribution in [3.8, 4) is 0 Å². The van der Waals surface area contributed by atoms with Crippen LogP contribution >= 0.6 is 0 Å². The van der Waals surface area contributed by atoms with Crippen molar-refractivity contribution in [2.24, 2.45) is 0 Å².